The number of fused-ring (bicyclic) bond motifs is 5. The van der Waals surface area contributed by atoms with Gasteiger partial charge in [0.2, 0.25) is 11.3 Å². The third-order valence-corrected chi connectivity index (χ3v) is 8.99. The van der Waals surface area contributed by atoms with Crippen molar-refractivity contribution in [1.29, 1.82) is 0 Å². The van der Waals surface area contributed by atoms with Crippen molar-refractivity contribution in [2.24, 2.45) is 5.92 Å². The van der Waals surface area contributed by atoms with E-state index in [4.69, 9.17) is 10.5 Å². The second-order valence-corrected chi connectivity index (χ2v) is 12.0. The number of ketones is 1. The number of carbonyl (C=O) groups excluding carboxylic acids is 2. The number of rotatable bonds is 4. The minimum atomic E-state index is -3.59. The van der Waals surface area contributed by atoms with E-state index in [1.165, 1.54) is 13.1 Å². The molecule has 1 aliphatic heterocycles. The highest BCUT2D eigenvalue weighted by Crippen LogP contribution is 2.60. The second kappa shape index (κ2) is 6.98. The summed E-state index contributed by atoms with van der Waals surface area (Å²) in [7, 11) is -3.59. The van der Waals surface area contributed by atoms with E-state index in [9.17, 15) is 23.1 Å². The van der Waals surface area contributed by atoms with Gasteiger partial charge >= 0.3 is 0 Å². The number of aromatic amines is 1. The summed E-state index contributed by atoms with van der Waals surface area (Å²) < 4.78 is 30.3. The predicted molar refractivity (Wildman–Crippen MR) is 130 cm³/mol. The number of ether oxygens (including phenoxy) is 1. The fourth-order valence-corrected chi connectivity index (χ4v) is 6.67. The molecule has 0 spiro atoms. The molecule has 0 bridgehead atoms. The van der Waals surface area contributed by atoms with E-state index in [1.54, 1.807) is 24.3 Å². The largest absolute Gasteiger partial charge is 0.454 e. The average molecular weight is 508 g/mol. The van der Waals surface area contributed by atoms with Gasteiger partial charge in [-0.15, -0.1) is 0 Å². The zero-order valence-electron chi connectivity index (χ0n) is 19.9. The van der Waals surface area contributed by atoms with Gasteiger partial charge in [0.1, 0.15) is 11.4 Å². The number of carbonyl (C=O) groups is 2. The Morgan fingerprint density at radius 3 is 2.61 bits per heavy atom. The Labute approximate surface area is 207 Å². The van der Waals surface area contributed by atoms with Crippen LogP contribution in [0.5, 0.6) is 5.75 Å². The number of amides is 1. The van der Waals surface area contributed by atoms with E-state index in [2.05, 4.69) is 17.2 Å². The molecule has 1 saturated carbocycles. The number of nitrogens with two attached hydrogens (primary N) is 1. The zero-order valence-corrected chi connectivity index (χ0v) is 20.7. The summed E-state index contributed by atoms with van der Waals surface area (Å²) in [4.78, 5) is 30.3. The highest BCUT2D eigenvalue weighted by Gasteiger charge is 2.72. The number of hydrogen-bond donors (Lipinski definition) is 4. The Bertz CT molecular complexity index is 1610. The molecule has 1 fully saturated rings. The lowest BCUT2D eigenvalue weighted by molar-refractivity contribution is -0.169. The lowest BCUT2D eigenvalue weighted by atomic mass is 9.82. The van der Waals surface area contributed by atoms with Gasteiger partial charge in [0.05, 0.1) is 10.5 Å². The third kappa shape index (κ3) is 2.76. The molecule has 36 heavy (non-hydrogen) atoms. The van der Waals surface area contributed by atoms with Crippen LogP contribution in [-0.2, 0) is 21.2 Å². The number of anilines is 1. The van der Waals surface area contributed by atoms with Crippen molar-refractivity contribution in [2.75, 3.05) is 12.0 Å². The molecule has 186 valence electrons. The van der Waals surface area contributed by atoms with E-state index in [1.807, 2.05) is 12.1 Å². The summed E-state index contributed by atoms with van der Waals surface area (Å²) in [5.74, 6) is -2.42. The monoisotopic (exact) mass is 507 g/mol. The normalized spacial score (nSPS) is 27.7. The number of nitrogens with one attached hydrogen (secondary N) is 2. The Hall–Kier alpha value is -3.63. The molecule has 10 heteroatoms. The first kappa shape index (κ1) is 22.8. The third-order valence-electron chi connectivity index (χ3n) is 7.76. The summed E-state index contributed by atoms with van der Waals surface area (Å²) in [5.41, 5.74) is 6.00. The first-order valence-electron chi connectivity index (χ1n) is 11.6. The van der Waals surface area contributed by atoms with Gasteiger partial charge in [-0.05, 0) is 48.4 Å². The average Bonchev–Trinajstić information content (AvgIpc) is 3.23. The smallest absolute Gasteiger partial charge is 0.271 e. The number of aliphatic hydroxyl groups is 1. The van der Waals surface area contributed by atoms with Crippen molar-refractivity contribution in [2.45, 2.75) is 42.4 Å². The molecule has 0 radical (unpaired) electrons. The van der Waals surface area contributed by atoms with Crippen LogP contribution in [0.1, 0.15) is 62.4 Å². The standard InChI is InChI=1S/C26H25N3O6S/c1-12-9-15(12)14-7-8-16-19(10-14)35-26(32)17-5-4-6-18(27)21(17)23(30)25(16,26)29-24(31)22-13(2)20(11-28-22)36(3,33)34/h4-8,10-12,15,28,32H,9,27H2,1-3H3,(H,29,31)/t12-,15?,25?,26?/m1/s1. The molecule has 2 aromatic carbocycles. The van der Waals surface area contributed by atoms with Gasteiger partial charge in [-0.1, -0.05) is 31.2 Å². The van der Waals surface area contributed by atoms with Crippen LogP contribution in [0.3, 0.4) is 0 Å². The Balaban J connectivity index is 1.52. The lowest BCUT2D eigenvalue weighted by Crippen LogP contribution is -2.60. The van der Waals surface area contributed by atoms with Gasteiger partial charge in [-0.25, -0.2) is 8.42 Å². The van der Waals surface area contributed by atoms with E-state index in [0.717, 1.165) is 18.2 Å². The fourth-order valence-electron chi connectivity index (χ4n) is 5.74. The first-order valence-corrected chi connectivity index (χ1v) is 13.5. The van der Waals surface area contributed by atoms with Gasteiger partial charge in [-0.3, -0.25) is 9.59 Å². The highest BCUT2D eigenvalue weighted by molar-refractivity contribution is 7.90. The van der Waals surface area contributed by atoms with Crippen molar-refractivity contribution >= 4 is 27.2 Å². The van der Waals surface area contributed by atoms with E-state index < -0.39 is 32.9 Å². The number of Topliss-reactive ketones (excluding diaryl/α,β-unsaturated/α-hetero) is 1. The molecule has 0 saturated heterocycles. The molecule has 2 heterocycles. The van der Waals surface area contributed by atoms with Gasteiger partial charge < -0.3 is 25.9 Å². The minimum Gasteiger partial charge on any atom is -0.454 e. The zero-order chi connectivity index (χ0) is 25.8. The molecule has 4 atom stereocenters. The van der Waals surface area contributed by atoms with Crippen LogP contribution in [0, 0.1) is 12.8 Å². The maximum absolute atomic E-state index is 14.0. The van der Waals surface area contributed by atoms with Crippen LogP contribution in [0.25, 0.3) is 0 Å². The van der Waals surface area contributed by atoms with Crippen LogP contribution >= 0.6 is 0 Å². The minimum absolute atomic E-state index is 0.0306. The maximum atomic E-state index is 14.0. The van der Waals surface area contributed by atoms with Crippen LogP contribution in [0.4, 0.5) is 5.69 Å². The number of aromatic nitrogens is 1. The van der Waals surface area contributed by atoms with Crippen molar-refractivity contribution in [3.63, 3.8) is 0 Å². The number of H-pyrrole nitrogens is 1. The van der Waals surface area contributed by atoms with Crippen LogP contribution in [0.15, 0.2) is 47.5 Å². The van der Waals surface area contributed by atoms with Gasteiger partial charge in [0.25, 0.3) is 11.7 Å². The molecule has 5 N–H and O–H groups in total. The Morgan fingerprint density at radius 1 is 1.25 bits per heavy atom. The molecule has 9 nitrogen and oxygen atoms in total. The molecular formula is C26H25N3O6S. The number of benzene rings is 2. The Morgan fingerprint density at radius 2 is 1.97 bits per heavy atom. The summed E-state index contributed by atoms with van der Waals surface area (Å²) in [5, 5.41) is 14.8. The number of nitrogen functional groups attached to an aromatic ring is 1. The molecule has 1 amide bonds. The summed E-state index contributed by atoms with van der Waals surface area (Å²) >= 11 is 0. The summed E-state index contributed by atoms with van der Waals surface area (Å²) in [6.07, 6.45) is 3.31. The SMILES string of the molecule is Cc1c(S(C)(=O)=O)c[nH]c1C(=O)NC12C(=O)c3c(N)cccc3C1(O)Oc1cc(C3C[C@H]3C)ccc12. The number of hydrogen-bond acceptors (Lipinski definition) is 7. The van der Waals surface area contributed by atoms with Crippen molar-refractivity contribution in [1.82, 2.24) is 10.3 Å². The predicted octanol–water partition coefficient (Wildman–Crippen LogP) is 2.49. The Kier molecular flexibility index (Phi) is 4.42. The maximum Gasteiger partial charge on any atom is 0.271 e. The molecule has 3 aromatic rings. The molecular weight excluding hydrogens is 482 g/mol. The van der Waals surface area contributed by atoms with Crippen LogP contribution < -0.4 is 15.8 Å². The molecule has 3 unspecified atom stereocenters. The van der Waals surface area contributed by atoms with Gasteiger partial charge in [0, 0.05) is 29.3 Å². The first-order chi connectivity index (χ1) is 16.9. The van der Waals surface area contributed by atoms with Gasteiger partial charge in [0.15, 0.2) is 9.84 Å². The van der Waals surface area contributed by atoms with E-state index in [0.29, 0.717) is 23.1 Å². The fraction of sp³-hybridized carbons (Fsp3) is 0.308. The summed E-state index contributed by atoms with van der Waals surface area (Å²) in [6, 6.07) is 10.1. The molecule has 6 rings (SSSR count). The quantitative estimate of drug-likeness (QED) is 0.396. The van der Waals surface area contributed by atoms with Crippen molar-refractivity contribution < 1.29 is 27.9 Å². The van der Waals surface area contributed by atoms with Crippen molar-refractivity contribution in [3.05, 3.63) is 76.1 Å². The van der Waals surface area contributed by atoms with E-state index >= 15 is 0 Å². The molecule has 2 aliphatic carbocycles. The van der Waals surface area contributed by atoms with Crippen LogP contribution in [-0.4, -0.2) is 36.5 Å². The molecule has 1 aromatic heterocycles. The highest BCUT2D eigenvalue weighted by atomic mass is 32.2. The van der Waals surface area contributed by atoms with Gasteiger partial charge in [-0.2, -0.15) is 0 Å². The van der Waals surface area contributed by atoms with Crippen LogP contribution in [0.2, 0.25) is 0 Å². The molecule has 3 aliphatic rings. The van der Waals surface area contributed by atoms with E-state index in [-0.39, 0.29) is 33.0 Å². The summed E-state index contributed by atoms with van der Waals surface area (Å²) in [6.45, 7) is 3.64. The topological polar surface area (TPSA) is 152 Å². The van der Waals surface area contributed by atoms with Crippen molar-refractivity contribution in [3.8, 4) is 5.75 Å². The lowest BCUT2D eigenvalue weighted by Gasteiger charge is -2.34. The number of sulfone groups is 1. The second-order valence-electron chi connectivity index (χ2n) is 10.0.